The van der Waals surface area contributed by atoms with Gasteiger partial charge in [0.15, 0.2) is 5.76 Å². The smallest absolute Gasteiger partial charge is 0.291 e. The summed E-state index contributed by atoms with van der Waals surface area (Å²) in [7, 11) is 0. The molecule has 0 saturated heterocycles. The molecule has 0 spiro atoms. The van der Waals surface area contributed by atoms with Crippen molar-refractivity contribution in [2.24, 2.45) is 0 Å². The van der Waals surface area contributed by atoms with Gasteiger partial charge in [0.2, 0.25) is 0 Å². The fraction of sp³-hybridized carbons (Fsp3) is 0.143. The zero-order valence-electron chi connectivity index (χ0n) is 11.6. The van der Waals surface area contributed by atoms with Crippen LogP contribution in [0.4, 0.5) is 5.69 Å². The average Bonchev–Trinajstić information content (AvgIpc) is 3.09. The summed E-state index contributed by atoms with van der Waals surface area (Å²) in [4.78, 5) is 20.2. The Labute approximate surface area is 120 Å². The third-order valence-corrected chi connectivity index (χ3v) is 2.84. The number of carbonyl (C=O) groups is 1. The van der Waals surface area contributed by atoms with Crippen LogP contribution in [-0.4, -0.2) is 25.7 Å². The van der Waals surface area contributed by atoms with Gasteiger partial charge in [-0.05, 0) is 32.0 Å². The first-order valence-corrected chi connectivity index (χ1v) is 6.34. The summed E-state index contributed by atoms with van der Waals surface area (Å²) < 4.78 is 6.66. The van der Waals surface area contributed by atoms with E-state index in [0.717, 1.165) is 11.4 Å². The standard InChI is InChI=1S/C14H13N5O2/c1-9-6-10(2)19(18-9)14-15-7-11(8-16-14)17-13(20)12-4-3-5-21-12/h3-8H,1-2H3,(H,17,20). The maximum absolute atomic E-state index is 11.8. The zero-order valence-corrected chi connectivity index (χ0v) is 11.6. The normalized spacial score (nSPS) is 10.6. The summed E-state index contributed by atoms with van der Waals surface area (Å²) in [5, 5.41) is 6.96. The van der Waals surface area contributed by atoms with E-state index in [1.54, 1.807) is 16.8 Å². The highest BCUT2D eigenvalue weighted by atomic mass is 16.3. The van der Waals surface area contributed by atoms with Gasteiger partial charge in [-0.3, -0.25) is 4.79 Å². The molecule has 21 heavy (non-hydrogen) atoms. The molecule has 1 N–H and O–H groups in total. The summed E-state index contributed by atoms with van der Waals surface area (Å²) in [6, 6.07) is 5.17. The van der Waals surface area contributed by atoms with Crippen LogP contribution in [0.1, 0.15) is 21.9 Å². The topological polar surface area (TPSA) is 85.8 Å². The largest absolute Gasteiger partial charge is 0.459 e. The molecule has 3 heterocycles. The third kappa shape index (κ3) is 2.66. The van der Waals surface area contributed by atoms with Gasteiger partial charge in [-0.1, -0.05) is 0 Å². The molecule has 3 aromatic rings. The van der Waals surface area contributed by atoms with Gasteiger partial charge in [0.05, 0.1) is 30.0 Å². The Morgan fingerprint density at radius 1 is 1.29 bits per heavy atom. The third-order valence-electron chi connectivity index (χ3n) is 2.84. The van der Waals surface area contributed by atoms with E-state index in [4.69, 9.17) is 4.42 Å². The van der Waals surface area contributed by atoms with Gasteiger partial charge in [0, 0.05) is 5.69 Å². The molecule has 0 fully saturated rings. The molecular formula is C14H13N5O2. The molecule has 3 rings (SSSR count). The molecule has 0 atom stereocenters. The predicted molar refractivity (Wildman–Crippen MR) is 75.3 cm³/mol. The summed E-state index contributed by atoms with van der Waals surface area (Å²) >= 11 is 0. The van der Waals surface area contributed by atoms with Crippen LogP contribution >= 0.6 is 0 Å². The number of nitrogens with zero attached hydrogens (tertiary/aromatic N) is 4. The maximum atomic E-state index is 11.8. The number of aryl methyl sites for hydroxylation is 2. The summed E-state index contributed by atoms with van der Waals surface area (Å²) in [6.07, 6.45) is 4.50. The Kier molecular flexibility index (Phi) is 3.23. The lowest BCUT2D eigenvalue weighted by Gasteiger charge is -2.05. The highest BCUT2D eigenvalue weighted by Crippen LogP contribution is 2.11. The first kappa shape index (κ1) is 13.0. The highest BCUT2D eigenvalue weighted by Gasteiger charge is 2.10. The fourth-order valence-electron chi connectivity index (χ4n) is 1.93. The quantitative estimate of drug-likeness (QED) is 0.795. The van der Waals surface area contributed by atoms with Crippen molar-refractivity contribution in [1.29, 1.82) is 0 Å². The number of hydrogen-bond acceptors (Lipinski definition) is 5. The summed E-state index contributed by atoms with van der Waals surface area (Å²) in [5.74, 6) is 0.344. The fourth-order valence-corrected chi connectivity index (χ4v) is 1.93. The van der Waals surface area contributed by atoms with Gasteiger partial charge in [-0.25, -0.2) is 14.6 Å². The van der Waals surface area contributed by atoms with Gasteiger partial charge in [0.1, 0.15) is 0 Å². The van der Waals surface area contributed by atoms with Gasteiger partial charge in [0.25, 0.3) is 11.9 Å². The van der Waals surface area contributed by atoms with Crippen LogP contribution < -0.4 is 5.32 Å². The molecule has 0 bridgehead atoms. The van der Waals surface area contributed by atoms with Crippen LogP contribution in [0.15, 0.2) is 41.3 Å². The minimum atomic E-state index is -0.345. The molecule has 0 aliphatic heterocycles. The lowest BCUT2D eigenvalue weighted by atomic mass is 10.4. The number of aromatic nitrogens is 4. The number of anilines is 1. The number of amides is 1. The molecule has 7 heteroatoms. The summed E-state index contributed by atoms with van der Waals surface area (Å²) in [5.41, 5.74) is 2.33. The van der Waals surface area contributed by atoms with E-state index in [2.05, 4.69) is 20.4 Å². The maximum Gasteiger partial charge on any atom is 0.291 e. The van der Waals surface area contributed by atoms with E-state index < -0.39 is 0 Å². The SMILES string of the molecule is Cc1cc(C)n(-c2ncc(NC(=O)c3ccco3)cn2)n1. The Balaban J connectivity index is 1.78. The lowest BCUT2D eigenvalue weighted by Crippen LogP contribution is -2.12. The predicted octanol–water partition coefficient (Wildman–Crippen LogP) is 2.12. The van der Waals surface area contributed by atoms with Crippen LogP contribution in [0.3, 0.4) is 0 Å². The van der Waals surface area contributed by atoms with Crippen molar-refractivity contribution >= 4 is 11.6 Å². The number of carbonyl (C=O) groups excluding carboxylic acids is 1. The summed E-state index contributed by atoms with van der Waals surface area (Å²) in [6.45, 7) is 3.83. The minimum Gasteiger partial charge on any atom is -0.459 e. The van der Waals surface area contributed by atoms with Crippen LogP contribution in [0, 0.1) is 13.8 Å². The van der Waals surface area contributed by atoms with E-state index in [1.165, 1.54) is 18.7 Å². The van der Waals surface area contributed by atoms with Gasteiger partial charge < -0.3 is 9.73 Å². The minimum absolute atomic E-state index is 0.234. The monoisotopic (exact) mass is 283 g/mol. The first-order valence-electron chi connectivity index (χ1n) is 6.34. The molecule has 0 aliphatic carbocycles. The van der Waals surface area contributed by atoms with E-state index in [-0.39, 0.29) is 11.7 Å². The number of furan rings is 1. The number of rotatable bonds is 3. The lowest BCUT2D eigenvalue weighted by molar-refractivity contribution is 0.0996. The van der Waals surface area contributed by atoms with Crippen LogP contribution in [0.5, 0.6) is 0 Å². The number of hydrogen-bond donors (Lipinski definition) is 1. The van der Waals surface area contributed by atoms with Crippen LogP contribution in [0.2, 0.25) is 0 Å². The van der Waals surface area contributed by atoms with E-state index in [0.29, 0.717) is 11.6 Å². The molecule has 0 unspecified atom stereocenters. The van der Waals surface area contributed by atoms with E-state index >= 15 is 0 Å². The molecule has 1 amide bonds. The molecule has 0 aromatic carbocycles. The molecular weight excluding hydrogens is 270 g/mol. The zero-order chi connectivity index (χ0) is 14.8. The van der Waals surface area contributed by atoms with Crippen molar-refractivity contribution in [3.05, 3.63) is 54.0 Å². The highest BCUT2D eigenvalue weighted by molar-refractivity contribution is 6.01. The number of nitrogens with one attached hydrogen (secondary N) is 1. The second kappa shape index (κ2) is 5.20. The molecule has 3 aromatic heterocycles. The Bertz CT molecular complexity index is 759. The second-order valence-corrected chi connectivity index (χ2v) is 4.54. The first-order chi connectivity index (χ1) is 10.1. The van der Waals surface area contributed by atoms with Gasteiger partial charge in [-0.2, -0.15) is 5.10 Å². The Morgan fingerprint density at radius 3 is 2.62 bits per heavy atom. The van der Waals surface area contributed by atoms with Crippen molar-refractivity contribution in [2.45, 2.75) is 13.8 Å². The van der Waals surface area contributed by atoms with Crippen molar-refractivity contribution in [3.63, 3.8) is 0 Å². The van der Waals surface area contributed by atoms with Crippen LogP contribution in [0.25, 0.3) is 5.95 Å². The van der Waals surface area contributed by atoms with Crippen molar-refractivity contribution in [3.8, 4) is 5.95 Å². The van der Waals surface area contributed by atoms with E-state index in [1.807, 2.05) is 19.9 Å². The molecule has 0 aliphatic rings. The Morgan fingerprint density at radius 2 is 2.05 bits per heavy atom. The van der Waals surface area contributed by atoms with Gasteiger partial charge >= 0.3 is 0 Å². The molecule has 106 valence electrons. The van der Waals surface area contributed by atoms with Crippen LogP contribution in [-0.2, 0) is 0 Å². The molecule has 7 nitrogen and oxygen atoms in total. The average molecular weight is 283 g/mol. The van der Waals surface area contributed by atoms with E-state index in [9.17, 15) is 4.79 Å². The molecule has 0 radical (unpaired) electrons. The molecule has 0 saturated carbocycles. The van der Waals surface area contributed by atoms with Crippen molar-refractivity contribution in [2.75, 3.05) is 5.32 Å². The Hall–Kier alpha value is -2.96. The van der Waals surface area contributed by atoms with Gasteiger partial charge in [-0.15, -0.1) is 0 Å². The van der Waals surface area contributed by atoms with Crippen molar-refractivity contribution in [1.82, 2.24) is 19.7 Å². The second-order valence-electron chi connectivity index (χ2n) is 4.54. The van der Waals surface area contributed by atoms with Crippen molar-refractivity contribution < 1.29 is 9.21 Å².